The van der Waals surface area contributed by atoms with Gasteiger partial charge in [0.25, 0.3) is 0 Å². The molecule has 3 rings (SSSR count). The number of fused-ring (bicyclic) bond motifs is 1. The molecule has 0 aliphatic heterocycles. The van der Waals surface area contributed by atoms with Crippen LogP contribution in [0.5, 0.6) is 0 Å². The third-order valence-electron chi connectivity index (χ3n) is 4.16. The van der Waals surface area contributed by atoms with Crippen molar-refractivity contribution in [1.29, 1.82) is 0 Å². The van der Waals surface area contributed by atoms with Gasteiger partial charge in [-0.15, -0.1) is 0 Å². The molecular formula is C15H11BrF6N6O3S. The first kappa shape index (κ1) is 24.0. The second-order valence-corrected chi connectivity index (χ2v) is 9.22. The summed E-state index contributed by atoms with van der Waals surface area (Å²) in [5.41, 5.74) is -2.33. The molecule has 0 saturated heterocycles. The number of halogens is 7. The summed E-state index contributed by atoms with van der Waals surface area (Å²) in [6, 6.07) is 0.595. The van der Waals surface area contributed by atoms with E-state index in [1.54, 1.807) is 0 Å². The van der Waals surface area contributed by atoms with Gasteiger partial charge in [0.05, 0.1) is 5.75 Å². The summed E-state index contributed by atoms with van der Waals surface area (Å²) in [6.45, 7) is 1.21. The Morgan fingerprint density at radius 1 is 1.19 bits per heavy atom. The van der Waals surface area contributed by atoms with Crippen LogP contribution >= 0.6 is 15.9 Å². The molecule has 0 fully saturated rings. The van der Waals surface area contributed by atoms with Gasteiger partial charge in [0.15, 0.2) is 15.7 Å². The lowest BCUT2D eigenvalue weighted by atomic mass is 10.3. The quantitative estimate of drug-likeness (QED) is 0.501. The lowest BCUT2D eigenvalue weighted by Gasteiger charge is -2.10. The first-order chi connectivity index (χ1) is 14.6. The van der Waals surface area contributed by atoms with E-state index < -0.39 is 56.0 Å². The second kappa shape index (κ2) is 7.72. The average molecular weight is 549 g/mol. The van der Waals surface area contributed by atoms with Crippen molar-refractivity contribution in [2.45, 2.75) is 24.2 Å². The molecule has 0 aliphatic rings. The van der Waals surface area contributed by atoms with E-state index in [-0.39, 0.29) is 15.9 Å². The summed E-state index contributed by atoms with van der Waals surface area (Å²) < 4.78 is 104. The van der Waals surface area contributed by atoms with E-state index in [2.05, 4.69) is 31.0 Å². The van der Waals surface area contributed by atoms with Gasteiger partial charge < -0.3 is 5.32 Å². The molecule has 0 unspecified atom stereocenters. The standard InChI is InChI=1S/C15H11BrF6N6O3S/c1-3-32(30,31)10-8(26-27(2)12(10)25-13(29)15(20,21)22)9-11(16)28-5-23-6(14(17,18)19)4-7(28)24-9/h4-5H,3H2,1-2H3,(H,25,29). The van der Waals surface area contributed by atoms with Crippen LogP contribution in [0.1, 0.15) is 12.6 Å². The Kier molecular flexibility index (Phi) is 5.78. The Labute approximate surface area is 183 Å². The van der Waals surface area contributed by atoms with Gasteiger partial charge in [0.2, 0.25) is 0 Å². The van der Waals surface area contributed by atoms with Gasteiger partial charge >= 0.3 is 18.3 Å². The number of nitrogens with one attached hydrogen (secondary N) is 1. The fraction of sp³-hybridized carbons (Fsp3) is 0.333. The van der Waals surface area contributed by atoms with Crippen molar-refractivity contribution in [3.63, 3.8) is 0 Å². The number of aryl methyl sites for hydroxylation is 1. The van der Waals surface area contributed by atoms with Crippen LogP contribution in [0.15, 0.2) is 21.9 Å². The van der Waals surface area contributed by atoms with Crippen LogP contribution in [0, 0.1) is 0 Å². The minimum absolute atomic E-state index is 0.0620. The predicted molar refractivity (Wildman–Crippen MR) is 100 cm³/mol. The minimum atomic E-state index is -5.32. The van der Waals surface area contributed by atoms with Gasteiger partial charge in [0, 0.05) is 13.1 Å². The molecule has 1 amide bonds. The summed E-state index contributed by atoms with van der Waals surface area (Å²) in [4.78, 5) is 17.9. The Bertz CT molecular complexity index is 1330. The maximum atomic E-state index is 12.9. The van der Waals surface area contributed by atoms with Crippen molar-refractivity contribution >= 4 is 43.1 Å². The fourth-order valence-corrected chi connectivity index (χ4v) is 4.39. The van der Waals surface area contributed by atoms with E-state index in [1.165, 1.54) is 12.2 Å². The number of hydrogen-bond donors (Lipinski definition) is 1. The van der Waals surface area contributed by atoms with Gasteiger partial charge in [0.1, 0.15) is 38.6 Å². The maximum absolute atomic E-state index is 12.9. The summed E-state index contributed by atoms with van der Waals surface area (Å²) in [6.07, 6.45) is -9.32. The molecule has 174 valence electrons. The number of amides is 1. The van der Waals surface area contributed by atoms with Crippen LogP contribution in [-0.2, 0) is 27.9 Å². The summed E-state index contributed by atoms with van der Waals surface area (Å²) in [5, 5.41) is 5.34. The molecule has 3 aromatic rings. The van der Waals surface area contributed by atoms with Crippen LogP contribution in [0.3, 0.4) is 0 Å². The highest BCUT2D eigenvalue weighted by Crippen LogP contribution is 2.38. The topological polar surface area (TPSA) is 111 Å². The number of alkyl halides is 6. The zero-order valence-corrected chi connectivity index (χ0v) is 18.3. The number of nitrogens with zero attached hydrogens (tertiary/aromatic N) is 5. The van der Waals surface area contributed by atoms with E-state index in [1.807, 2.05) is 0 Å². The molecule has 0 aliphatic carbocycles. The lowest BCUT2D eigenvalue weighted by molar-refractivity contribution is -0.167. The van der Waals surface area contributed by atoms with Crippen molar-refractivity contribution < 1.29 is 39.6 Å². The summed E-state index contributed by atoms with van der Waals surface area (Å²) in [5.74, 6) is -3.79. The SMILES string of the molecule is CCS(=O)(=O)c1c(-c2nc3cc(C(F)(F)F)ncn3c2Br)nn(C)c1NC(=O)C(F)(F)F. The predicted octanol–water partition coefficient (Wildman–Crippen LogP) is 3.21. The van der Waals surface area contributed by atoms with Crippen LogP contribution in [-0.4, -0.2) is 50.4 Å². The molecule has 0 aromatic carbocycles. The number of aromatic nitrogens is 5. The van der Waals surface area contributed by atoms with E-state index >= 15 is 0 Å². The molecule has 3 heterocycles. The number of carbonyl (C=O) groups excluding carboxylic acids is 1. The van der Waals surface area contributed by atoms with Crippen molar-refractivity contribution in [1.82, 2.24) is 24.1 Å². The van der Waals surface area contributed by atoms with Crippen molar-refractivity contribution in [2.75, 3.05) is 11.1 Å². The highest BCUT2D eigenvalue weighted by molar-refractivity contribution is 9.10. The van der Waals surface area contributed by atoms with Crippen molar-refractivity contribution in [3.8, 4) is 11.4 Å². The monoisotopic (exact) mass is 548 g/mol. The third kappa shape index (κ3) is 4.17. The van der Waals surface area contributed by atoms with Crippen molar-refractivity contribution in [3.05, 3.63) is 22.7 Å². The highest BCUT2D eigenvalue weighted by Gasteiger charge is 2.41. The van der Waals surface area contributed by atoms with Gasteiger partial charge in [-0.1, -0.05) is 6.92 Å². The first-order valence-electron chi connectivity index (χ1n) is 8.37. The first-order valence-corrected chi connectivity index (χ1v) is 10.8. The van der Waals surface area contributed by atoms with E-state index in [0.717, 1.165) is 17.8 Å². The highest BCUT2D eigenvalue weighted by atomic mass is 79.9. The summed E-state index contributed by atoms with van der Waals surface area (Å²) in [7, 11) is -3.21. The minimum Gasteiger partial charge on any atom is -0.302 e. The lowest BCUT2D eigenvalue weighted by Crippen LogP contribution is -2.31. The normalized spacial score (nSPS) is 13.0. The van der Waals surface area contributed by atoms with Crippen molar-refractivity contribution in [2.24, 2.45) is 7.05 Å². The fourth-order valence-electron chi connectivity index (χ4n) is 2.64. The molecule has 0 radical (unpaired) electrons. The molecule has 3 aromatic heterocycles. The number of imidazole rings is 1. The van der Waals surface area contributed by atoms with Gasteiger partial charge in [-0.25, -0.2) is 18.4 Å². The van der Waals surface area contributed by atoms with Crippen LogP contribution in [0.4, 0.5) is 32.2 Å². The third-order valence-corrected chi connectivity index (χ3v) is 6.68. The zero-order chi connectivity index (χ0) is 24.2. The molecular weight excluding hydrogens is 538 g/mol. The van der Waals surface area contributed by atoms with Gasteiger partial charge in [-0.05, 0) is 15.9 Å². The van der Waals surface area contributed by atoms with E-state index in [9.17, 15) is 39.6 Å². The molecule has 1 N–H and O–H groups in total. The van der Waals surface area contributed by atoms with E-state index in [0.29, 0.717) is 10.7 Å². The Balaban J connectivity index is 2.28. The number of anilines is 1. The summed E-state index contributed by atoms with van der Waals surface area (Å²) >= 11 is 3.07. The molecule has 32 heavy (non-hydrogen) atoms. The number of hydrogen-bond acceptors (Lipinski definition) is 6. The molecule has 0 bridgehead atoms. The molecule has 9 nitrogen and oxygen atoms in total. The molecule has 0 atom stereocenters. The van der Waals surface area contributed by atoms with E-state index in [4.69, 9.17) is 0 Å². The Morgan fingerprint density at radius 3 is 2.34 bits per heavy atom. The second-order valence-electron chi connectivity index (χ2n) is 6.26. The number of carbonyl (C=O) groups is 1. The molecule has 17 heteroatoms. The molecule has 0 saturated carbocycles. The van der Waals surface area contributed by atoms with Crippen LogP contribution < -0.4 is 5.32 Å². The van der Waals surface area contributed by atoms with Gasteiger partial charge in [-0.3, -0.25) is 13.9 Å². The molecule has 0 spiro atoms. The smallest absolute Gasteiger partial charge is 0.302 e. The largest absolute Gasteiger partial charge is 0.471 e. The average Bonchev–Trinajstić information content (AvgIpc) is 3.17. The Morgan fingerprint density at radius 2 is 1.81 bits per heavy atom. The Hall–Kier alpha value is -2.69. The zero-order valence-electron chi connectivity index (χ0n) is 15.9. The number of sulfone groups is 1. The van der Waals surface area contributed by atoms with Crippen LogP contribution in [0.25, 0.3) is 17.0 Å². The van der Waals surface area contributed by atoms with Crippen LogP contribution in [0.2, 0.25) is 0 Å². The maximum Gasteiger partial charge on any atom is 0.471 e. The number of rotatable bonds is 4. The van der Waals surface area contributed by atoms with Gasteiger partial charge in [-0.2, -0.15) is 31.4 Å².